The highest BCUT2D eigenvalue weighted by molar-refractivity contribution is 6.38. The van der Waals surface area contributed by atoms with Crippen molar-refractivity contribution in [2.45, 2.75) is 6.18 Å². The Bertz CT molecular complexity index is 953. The molecular formula is C14H8Cl2F3N3O. The molecule has 0 aliphatic carbocycles. The van der Waals surface area contributed by atoms with Crippen molar-refractivity contribution in [3.63, 3.8) is 0 Å². The zero-order valence-corrected chi connectivity index (χ0v) is 13.0. The Balaban J connectivity index is 2.28. The Morgan fingerprint density at radius 3 is 2.26 bits per heavy atom. The fraction of sp³-hybridized carbons (Fsp3) is 0.143. The lowest BCUT2D eigenvalue weighted by Gasteiger charge is -2.13. The summed E-state index contributed by atoms with van der Waals surface area (Å²) in [6.45, 7) is 0. The van der Waals surface area contributed by atoms with Crippen LogP contribution in [0.15, 0.2) is 35.3 Å². The van der Waals surface area contributed by atoms with Gasteiger partial charge in [-0.15, -0.1) is 0 Å². The highest BCUT2D eigenvalue weighted by Crippen LogP contribution is 2.38. The van der Waals surface area contributed by atoms with Crippen LogP contribution in [0.5, 0.6) is 0 Å². The molecule has 0 spiro atoms. The summed E-state index contributed by atoms with van der Waals surface area (Å²) < 4.78 is 41.1. The maximum atomic E-state index is 12.8. The quantitative estimate of drug-likeness (QED) is 0.655. The monoisotopic (exact) mass is 361 g/mol. The van der Waals surface area contributed by atoms with Crippen LogP contribution in [0, 0.1) is 0 Å². The Kier molecular flexibility index (Phi) is 3.65. The SMILES string of the molecule is Cn1c(=O)ccc2c1cnn2-c1c(Cl)cc(C(F)(F)F)cc1Cl. The number of halogens is 5. The summed E-state index contributed by atoms with van der Waals surface area (Å²) in [5.41, 5.74) is -0.0584. The number of hydrogen-bond donors (Lipinski definition) is 0. The van der Waals surface area contributed by atoms with Gasteiger partial charge in [-0.3, -0.25) is 4.79 Å². The minimum atomic E-state index is -4.55. The summed E-state index contributed by atoms with van der Waals surface area (Å²) in [5, 5.41) is 3.71. The summed E-state index contributed by atoms with van der Waals surface area (Å²) in [5.74, 6) is 0. The van der Waals surface area contributed by atoms with Crippen LogP contribution in [-0.4, -0.2) is 14.3 Å². The standard InChI is InChI=1S/C14H8Cl2F3N3O/c1-21-11-6-20-22(10(11)2-3-12(21)23)13-8(15)4-7(5-9(13)16)14(17,18)19/h2-6H,1H3. The van der Waals surface area contributed by atoms with Crippen LogP contribution < -0.4 is 5.56 Å². The zero-order valence-electron chi connectivity index (χ0n) is 11.5. The van der Waals surface area contributed by atoms with E-state index < -0.39 is 11.7 Å². The smallest absolute Gasteiger partial charge is 0.308 e. The van der Waals surface area contributed by atoms with Gasteiger partial charge in [-0.05, 0) is 18.2 Å². The van der Waals surface area contributed by atoms with Crippen LogP contribution in [0.25, 0.3) is 16.7 Å². The van der Waals surface area contributed by atoms with Gasteiger partial charge >= 0.3 is 6.18 Å². The first kappa shape index (κ1) is 15.9. The van der Waals surface area contributed by atoms with Gasteiger partial charge in [0, 0.05) is 13.1 Å². The first-order valence-electron chi connectivity index (χ1n) is 6.30. The second-order valence-electron chi connectivity index (χ2n) is 4.84. The third kappa shape index (κ3) is 2.60. The predicted octanol–water partition coefficient (Wildman–Crippen LogP) is 4.05. The molecule has 2 heterocycles. The molecule has 0 bridgehead atoms. The maximum Gasteiger partial charge on any atom is 0.416 e. The molecule has 3 rings (SSSR count). The Hall–Kier alpha value is -1.99. The van der Waals surface area contributed by atoms with Crippen molar-refractivity contribution in [3.05, 3.63) is 56.4 Å². The number of nitrogens with zero attached hydrogens (tertiary/aromatic N) is 3. The third-order valence-electron chi connectivity index (χ3n) is 3.42. The van der Waals surface area contributed by atoms with E-state index in [0.717, 1.165) is 12.1 Å². The molecule has 0 aliphatic rings. The van der Waals surface area contributed by atoms with Crippen LogP contribution >= 0.6 is 23.2 Å². The number of fused-ring (bicyclic) bond motifs is 1. The van der Waals surface area contributed by atoms with E-state index >= 15 is 0 Å². The molecule has 1 aromatic carbocycles. The lowest BCUT2D eigenvalue weighted by Crippen LogP contribution is -2.14. The summed E-state index contributed by atoms with van der Waals surface area (Å²) in [4.78, 5) is 11.6. The Morgan fingerprint density at radius 2 is 1.70 bits per heavy atom. The van der Waals surface area contributed by atoms with Gasteiger partial charge in [0.1, 0.15) is 5.69 Å². The van der Waals surface area contributed by atoms with Crippen LogP contribution in [-0.2, 0) is 13.2 Å². The first-order chi connectivity index (χ1) is 10.7. The Morgan fingerprint density at radius 1 is 1.09 bits per heavy atom. The Labute approximate surface area is 137 Å². The fourth-order valence-electron chi connectivity index (χ4n) is 2.25. The first-order valence-corrected chi connectivity index (χ1v) is 7.06. The van der Waals surface area contributed by atoms with Crippen LogP contribution in [0.3, 0.4) is 0 Å². The van der Waals surface area contributed by atoms with Crippen LogP contribution in [0.1, 0.15) is 5.56 Å². The average Bonchev–Trinajstić information content (AvgIpc) is 2.86. The van der Waals surface area contributed by atoms with Crippen molar-refractivity contribution in [1.29, 1.82) is 0 Å². The molecule has 0 N–H and O–H groups in total. The lowest BCUT2D eigenvalue weighted by molar-refractivity contribution is -0.137. The highest BCUT2D eigenvalue weighted by atomic mass is 35.5. The van der Waals surface area contributed by atoms with E-state index in [4.69, 9.17) is 23.2 Å². The van der Waals surface area contributed by atoms with E-state index in [1.165, 1.54) is 27.6 Å². The molecule has 0 aliphatic heterocycles. The van der Waals surface area contributed by atoms with Gasteiger partial charge < -0.3 is 4.57 Å². The number of alkyl halides is 3. The molecule has 0 fully saturated rings. The van der Waals surface area contributed by atoms with Crippen molar-refractivity contribution >= 4 is 34.2 Å². The molecule has 0 unspecified atom stereocenters. The summed E-state index contributed by atoms with van der Waals surface area (Å²) >= 11 is 12.0. The number of hydrogen-bond acceptors (Lipinski definition) is 2. The molecule has 0 saturated heterocycles. The van der Waals surface area contributed by atoms with Crippen LogP contribution in [0.4, 0.5) is 13.2 Å². The fourth-order valence-corrected chi connectivity index (χ4v) is 2.90. The van der Waals surface area contributed by atoms with E-state index in [1.807, 2.05) is 0 Å². The third-order valence-corrected chi connectivity index (χ3v) is 3.99. The molecule has 0 amide bonds. The summed E-state index contributed by atoms with van der Waals surface area (Å²) in [6, 6.07) is 4.41. The van der Waals surface area contributed by atoms with Gasteiger partial charge in [0.25, 0.3) is 5.56 Å². The van der Waals surface area contributed by atoms with Gasteiger partial charge in [0.2, 0.25) is 0 Å². The van der Waals surface area contributed by atoms with E-state index in [9.17, 15) is 18.0 Å². The normalized spacial score (nSPS) is 12.1. The van der Waals surface area contributed by atoms with E-state index in [2.05, 4.69) is 5.10 Å². The molecule has 0 atom stereocenters. The summed E-state index contributed by atoms with van der Waals surface area (Å²) in [6.07, 6.45) is -3.14. The molecule has 0 radical (unpaired) electrons. The summed E-state index contributed by atoms with van der Waals surface area (Å²) in [7, 11) is 1.56. The molecule has 2 aromatic heterocycles. The zero-order chi connectivity index (χ0) is 16.9. The number of aryl methyl sites for hydroxylation is 1. The molecule has 120 valence electrons. The van der Waals surface area contributed by atoms with Gasteiger partial charge in [-0.2, -0.15) is 18.3 Å². The molecule has 0 saturated carbocycles. The van der Waals surface area contributed by atoms with Crippen molar-refractivity contribution in [2.24, 2.45) is 7.05 Å². The molecule has 4 nitrogen and oxygen atoms in total. The minimum Gasteiger partial charge on any atom is -0.308 e. The number of rotatable bonds is 1. The number of aromatic nitrogens is 3. The second-order valence-corrected chi connectivity index (χ2v) is 5.66. The van der Waals surface area contributed by atoms with Crippen molar-refractivity contribution < 1.29 is 13.2 Å². The minimum absolute atomic E-state index is 0.120. The maximum absolute atomic E-state index is 12.8. The van der Waals surface area contributed by atoms with Gasteiger partial charge in [-0.25, -0.2) is 4.68 Å². The van der Waals surface area contributed by atoms with Gasteiger partial charge in [-0.1, -0.05) is 23.2 Å². The number of pyridine rings is 1. The van der Waals surface area contributed by atoms with Gasteiger partial charge in [0.15, 0.2) is 0 Å². The molecular weight excluding hydrogens is 354 g/mol. The molecule has 23 heavy (non-hydrogen) atoms. The molecule has 3 aromatic rings. The van der Waals surface area contributed by atoms with Crippen LogP contribution in [0.2, 0.25) is 10.0 Å². The topological polar surface area (TPSA) is 39.8 Å². The van der Waals surface area contributed by atoms with E-state index in [-0.39, 0.29) is 21.3 Å². The molecule has 9 heteroatoms. The highest BCUT2D eigenvalue weighted by Gasteiger charge is 2.32. The average molecular weight is 362 g/mol. The van der Waals surface area contributed by atoms with Crippen molar-refractivity contribution in [3.8, 4) is 5.69 Å². The number of benzene rings is 1. The van der Waals surface area contributed by atoms with E-state index in [1.54, 1.807) is 7.05 Å². The van der Waals surface area contributed by atoms with E-state index in [0.29, 0.717) is 11.0 Å². The predicted molar refractivity (Wildman–Crippen MR) is 81.3 cm³/mol. The van der Waals surface area contributed by atoms with Gasteiger partial charge in [0.05, 0.1) is 32.8 Å². The second kappa shape index (κ2) is 5.28. The van der Waals surface area contributed by atoms with Crippen molar-refractivity contribution in [1.82, 2.24) is 14.3 Å². The lowest BCUT2D eigenvalue weighted by atomic mass is 10.2. The largest absolute Gasteiger partial charge is 0.416 e. The van der Waals surface area contributed by atoms with Crippen molar-refractivity contribution in [2.75, 3.05) is 0 Å².